The van der Waals surface area contributed by atoms with Gasteiger partial charge in [0, 0.05) is 65.9 Å². The zero-order valence-corrected chi connectivity index (χ0v) is 16.7. The van der Waals surface area contributed by atoms with Gasteiger partial charge in [0.1, 0.15) is 0 Å². The molecule has 0 aliphatic heterocycles. The minimum absolute atomic E-state index is 0.501. The summed E-state index contributed by atoms with van der Waals surface area (Å²) in [4.78, 5) is 3.38. The Hall–Kier alpha value is -0.170. The summed E-state index contributed by atoms with van der Waals surface area (Å²) in [5.74, 6) is 0. The fourth-order valence-electron chi connectivity index (χ4n) is 1.34. The van der Waals surface area contributed by atoms with Crippen LogP contribution in [0.5, 0.6) is 0 Å². The number of hydrogen-bond acceptors (Lipinski definition) is 7. The first-order valence-electron chi connectivity index (χ1n) is 5.26. The van der Waals surface area contributed by atoms with E-state index in [-0.39, 0.29) is 0 Å². The summed E-state index contributed by atoms with van der Waals surface area (Å²) in [6, 6.07) is 0.591. The van der Waals surface area contributed by atoms with Crippen LogP contribution in [0.2, 0.25) is 0 Å². The van der Waals surface area contributed by atoms with Crippen LogP contribution in [0.3, 0.4) is 0 Å². The average molecular weight is 617 g/mol. The standard InChI is InChI=1S/C9H3F6I2N3O2S2/c10-8(11,12)6(19-21-23-16)4-1-5(3-18-2-4)7(9(13,14)15)20-22-24-17/h1-3H/b19-6-,20-7+. The van der Waals surface area contributed by atoms with E-state index in [9.17, 15) is 26.3 Å². The fraction of sp³-hybridized carbons (Fsp3) is 0.222. The van der Waals surface area contributed by atoms with E-state index in [4.69, 9.17) is 0 Å². The zero-order valence-electron chi connectivity index (χ0n) is 10.7. The molecule has 0 N–H and O–H groups in total. The molecule has 24 heavy (non-hydrogen) atoms. The van der Waals surface area contributed by atoms with Crippen LogP contribution in [-0.2, 0) is 8.57 Å². The molecule has 0 fully saturated rings. The lowest BCUT2D eigenvalue weighted by Gasteiger charge is -2.12. The molecule has 0 saturated carbocycles. The third kappa shape index (κ3) is 6.62. The number of nitrogens with zero attached hydrogens (tertiary/aromatic N) is 3. The third-order valence-corrected chi connectivity index (χ3v) is 3.36. The SMILES string of the molecule is FC(F)(F)/C(=N\OSI)c1cncc(/C(=N\OSI)C(F)(F)F)c1. The monoisotopic (exact) mass is 617 g/mol. The van der Waals surface area contributed by atoms with Crippen LogP contribution < -0.4 is 0 Å². The molecular formula is C9H3F6I2N3O2S2. The van der Waals surface area contributed by atoms with Crippen molar-refractivity contribution in [2.75, 3.05) is 0 Å². The predicted molar refractivity (Wildman–Crippen MR) is 94.8 cm³/mol. The number of halogens is 8. The Morgan fingerprint density at radius 2 is 1.25 bits per heavy atom. The molecule has 0 radical (unpaired) electrons. The van der Waals surface area contributed by atoms with E-state index in [1.54, 1.807) is 0 Å². The van der Waals surface area contributed by atoms with Crippen molar-refractivity contribution in [2.24, 2.45) is 10.3 Å². The second-order valence-corrected chi connectivity index (χ2v) is 6.32. The highest BCUT2D eigenvalue weighted by atomic mass is 127. The van der Waals surface area contributed by atoms with E-state index in [0.29, 0.717) is 36.9 Å². The molecule has 0 amide bonds. The van der Waals surface area contributed by atoms with Crippen molar-refractivity contribution in [3.8, 4) is 0 Å². The minimum atomic E-state index is -4.96. The summed E-state index contributed by atoms with van der Waals surface area (Å²) in [6.07, 6.45) is -8.51. The maximum atomic E-state index is 13.0. The van der Waals surface area contributed by atoms with Crippen LogP contribution in [0.25, 0.3) is 0 Å². The third-order valence-electron chi connectivity index (χ3n) is 2.14. The van der Waals surface area contributed by atoms with E-state index >= 15 is 0 Å². The number of oxime groups is 2. The molecule has 1 aromatic rings. The minimum Gasteiger partial charge on any atom is -0.311 e. The van der Waals surface area contributed by atoms with Gasteiger partial charge in [-0.15, -0.1) is 0 Å². The molecule has 0 bridgehead atoms. The largest absolute Gasteiger partial charge is 0.437 e. The maximum Gasteiger partial charge on any atom is 0.437 e. The maximum absolute atomic E-state index is 13.0. The molecule has 0 aliphatic carbocycles. The number of hydrogen-bond donors (Lipinski definition) is 0. The first-order valence-corrected chi connectivity index (χ1v) is 11.8. The summed E-state index contributed by atoms with van der Waals surface area (Å²) in [5.41, 5.74) is -4.51. The molecule has 0 aromatic carbocycles. The molecule has 0 unspecified atom stereocenters. The molecule has 0 saturated heterocycles. The number of rotatable bonds is 6. The Morgan fingerprint density at radius 3 is 1.54 bits per heavy atom. The Labute approximate surface area is 163 Å². The van der Waals surface area contributed by atoms with Crippen molar-refractivity contribution in [1.29, 1.82) is 0 Å². The van der Waals surface area contributed by atoms with Gasteiger partial charge >= 0.3 is 12.4 Å². The second kappa shape index (κ2) is 9.51. The lowest BCUT2D eigenvalue weighted by molar-refractivity contribution is -0.0601. The number of aromatic nitrogens is 1. The van der Waals surface area contributed by atoms with E-state index in [1.165, 1.54) is 42.4 Å². The quantitative estimate of drug-likeness (QED) is 0.136. The highest BCUT2D eigenvalue weighted by Gasteiger charge is 2.41. The molecule has 1 rings (SSSR count). The first-order chi connectivity index (χ1) is 11.1. The molecular weight excluding hydrogens is 614 g/mol. The summed E-state index contributed by atoms with van der Waals surface area (Å²) in [5, 5.41) is 5.72. The molecule has 1 heterocycles. The van der Waals surface area contributed by atoms with Crippen molar-refractivity contribution >= 4 is 72.3 Å². The molecule has 5 nitrogen and oxygen atoms in total. The van der Waals surface area contributed by atoms with Gasteiger partial charge in [-0.25, -0.2) is 0 Å². The van der Waals surface area contributed by atoms with E-state index in [1.807, 2.05) is 0 Å². The summed E-state index contributed by atoms with van der Waals surface area (Å²) >= 11 is 3.06. The van der Waals surface area contributed by atoms with Gasteiger partial charge in [0.05, 0.1) is 0 Å². The van der Waals surface area contributed by atoms with Crippen LogP contribution in [0.15, 0.2) is 28.8 Å². The number of alkyl halides is 6. The number of pyridine rings is 1. The highest BCUT2D eigenvalue weighted by molar-refractivity contribution is 14.2. The lowest BCUT2D eigenvalue weighted by Crippen LogP contribution is -2.27. The van der Waals surface area contributed by atoms with E-state index in [2.05, 4.69) is 23.9 Å². The summed E-state index contributed by atoms with van der Waals surface area (Å²) in [7, 11) is 1.00. The van der Waals surface area contributed by atoms with Crippen LogP contribution in [0.1, 0.15) is 11.1 Å². The molecule has 15 heteroatoms. The topological polar surface area (TPSA) is 56.1 Å². The zero-order chi connectivity index (χ0) is 18.4. The van der Waals surface area contributed by atoms with E-state index in [0.717, 1.165) is 0 Å². The molecule has 0 atom stereocenters. The lowest BCUT2D eigenvalue weighted by atomic mass is 10.1. The molecule has 0 spiro atoms. The van der Waals surface area contributed by atoms with Gasteiger partial charge < -0.3 is 8.57 Å². The van der Waals surface area contributed by atoms with Gasteiger partial charge in [-0.1, -0.05) is 10.3 Å². The van der Waals surface area contributed by atoms with Crippen molar-refractivity contribution < 1.29 is 34.9 Å². The van der Waals surface area contributed by atoms with Crippen molar-refractivity contribution in [1.82, 2.24) is 4.98 Å². The Bertz CT molecular complexity index is 577. The van der Waals surface area contributed by atoms with Crippen LogP contribution in [0.4, 0.5) is 26.3 Å². The van der Waals surface area contributed by atoms with E-state index < -0.39 is 34.9 Å². The van der Waals surface area contributed by atoms with Crippen LogP contribution in [-0.4, -0.2) is 28.8 Å². The average Bonchev–Trinajstić information content (AvgIpc) is 2.46. The molecule has 134 valence electrons. The summed E-state index contributed by atoms with van der Waals surface area (Å²) in [6.45, 7) is 0. The first kappa shape index (κ1) is 21.9. The smallest absolute Gasteiger partial charge is 0.311 e. The van der Waals surface area contributed by atoms with Gasteiger partial charge in [0.15, 0.2) is 29.9 Å². The predicted octanol–water partition coefficient (Wildman–Crippen LogP) is 5.64. The Morgan fingerprint density at radius 1 is 0.875 bits per heavy atom. The Kier molecular flexibility index (Phi) is 8.66. The molecule has 1 aromatic heterocycles. The van der Waals surface area contributed by atoms with Gasteiger partial charge in [-0.3, -0.25) is 4.98 Å². The molecule has 0 aliphatic rings. The van der Waals surface area contributed by atoms with Gasteiger partial charge in [0.2, 0.25) is 0 Å². The van der Waals surface area contributed by atoms with Crippen molar-refractivity contribution in [3.63, 3.8) is 0 Å². The van der Waals surface area contributed by atoms with Crippen molar-refractivity contribution in [2.45, 2.75) is 12.4 Å². The van der Waals surface area contributed by atoms with Gasteiger partial charge in [0.25, 0.3) is 0 Å². The Balaban J connectivity index is 3.38. The van der Waals surface area contributed by atoms with Crippen LogP contribution >= 0.6 is 60.8 Å². The second-order valence-electron chi connectivity index (χ2n) is 3.61. The summed E-state index contributed by atoms with van der Waals surface area (Å²) < 4.78 is 86.3. The normalized spacial score (nSPS) is 13.8. The highest BCUT2D eigenvalue weighted by Crippen LogP contribution is 2.28. The van der Waals surface area contributed by atoms with Gasteiger partial charge in [-0.2, -0.15) is 26.3 Å². The van der Waals surface area contributed by atoms with Gasteiger partial charge in [-0.05, 0) is 6.07 Å². The fourth-order valence-corrected chi connectivity index (χ4v) is 2.03. The van der Waals surface area contributed by atoms with Crippen molar-refractivity contribution in [3.05, 3.63) is 29.6 Å². The van der Waals surface area contributed by atoms with Crippen LogP contribution in [0, 0.1) is 0 Å².